The summed E-state index contributed by atoms with van der Waals surface area (Å²) in [7, 11) is 0. The highest BCUT2D eigenvalue weighted by Gasteiger charge is 2.08. The summed E-state index contributed by atoms with van der Waals surface area (Å²) in [5.41, 5.74) is -0.119. The first kappa shape index (κ1) is 13.9. The smallest absolute Gasteiger partial charge is 0.305 e. The molecule has 0 atom stereocenters. The highest BCUT2D eigenvalue weighted by molar-refractivity contribution is 5.66. The molecule has 1 heterocycles. The first-order valence-electron chi connectivity index (χ1n) is 5.72. The van der Waals surface area contributed by atoms with Gasteiger partial charge in [0.05, 0.1) is 18.7 Å². The van der Waals surface area contributed by atoms with E-state index < -0.39 is 23.2 Å². The number of nitrogens with zero attached hydrogens (tertiary/aromatic N) is 2. The second-order valence-electron chi connectivity index (χ2n) is 4.08. The molecule has 0 aliphatic heterocycles. The van der Waals surface area contributed by atoms with Crippen molar-refractivity contribution in [1.82, 2.24) is 9.78 Å². The van der Waals surface area contributed by atoms with Gasteiger partial charge in [0.25, 0.3) is 5.56 Å². The molecule has 0 saturated heterocycles. The van der Waals surface area contributed by atoms with Crippen LogP contribution in [0.5, 0.6) is 0 Å². The Morgan fingerprint density at radius 1 is 1.20 bits per heavy atom. The van der Waals surface area contributed by atoms with Gasteiger partial charge in [-0.25, -0.2) is 13.5 Å². The summed E-state index contributed by atoms with van der Waals surface area (Å²) in [6, 6.07) is 5.39. The molecule has 0 aliphatic rings. The minimum absolute atomic E-state index is 0.111. The van der Waals surface area contributed by atoms with Crippen LogP contribution in [0.3, 0.4) is 0 Å². The maximum atomic E-state index is 13.1. The van der Waals surface area contributed by atoms with Crippen molar-refractivity contribution in [3.8, 4) is 11.3 Å². The van der Waals surface area contributed by atoms with Crippen LogP contribution in [0.25, 0.3) is 11.3 Å². The highest BCUT2D eigenvalue weighted by Crippen LogP contribution is 2.18. The minimum atomic E-state index is -1.07. The maximum Gasteiger partial charge on any atom is 0.305 e. The van der Waals surface area contributed by atoms with Gasteiger partial charge in [-0.1, -0.05) is 0 Å². The van der Waals surface area contributed by atoms with Gasteiger partial charge in [0.2, 0.25) is 0 Å². The summed E-state index contributed by atoms with van der Waals surface area (Å²) in [4.78, 5) is 22.0. The Morgan fingerprint density at radius 2 is 1.85 bits per heavy atom. The summed E-state index contributed by atoms with van der Waals surface area (Å²) < 4.78 is 27.2. The van der Waals surface area contributed by atoms with Gasteiger partial charge >= 0.3 is 5.97 Å². The number of carboxylic acid groups (broad SMARTS) is 1. The van der Waals surface area contributed by atoms with Crippen molar-refractivity contribution in [1.29, 1.82) is 0 Å². The van der Waals surface area contributed by atoms with E-state index in [0.29, 0.717) is 0 Å². The molecule has 0 spiro atoms. The number of rotatable bonds is 4. The lowest BCUT2D eigenvalue weighted by Crippen LogP contribution is -2.23. The van der Waals surface area contributed by atoms with Gasteiger partial charge in [-0.05, 0) is 18.2 Å². The van der Waals surface area contributed by atoms with Crippen molar-refractivity contribution >= 4 is 5.97 Å². The van der Waals surface area contributed by atoms with Crippen molar-refractivity contribution in [2.24, 2.45) is 0 Å². The summed E-state index contributed by atoms with van der Waals surface area (Å²) in [6.45, 7) is -0.111. The molecule has 2 aromatic rings. The first-order chi connectivity index (χ1) is 9.45. The Hall–Kier alpha value is -2.57. The summed E-state index contributed by atoms with van der Waals surface area (Å²) >= 11 is 0. The maximum absolute atomic E-state index is 13.1. The number of carboxylic acids is 1. The fourth-order valence-electron chi connectivity index (χ4n) is 1.67. The zero-order valence-electron chi connectivity index (χ0n) is 10.2. The molecule has 104 valence electrons. The molecular formula is C13H10F2N2O3. The lowest BCUT2D eigenvalue weighted by Gasteiger charge is -2.06. The van der Waals surface area contributed by atoms with Gasteiger partial charge in [-0.2, -0.15) is 5.10 Å². The van der Waals surface area contributed by atoms with Crippen molar-refractivity contribution in [3.63, 3.8) is 0 Å². The van der Waals surface area contributed by atoms with E-state index in [0.717, 1.165) is 22.9 Å². The fraction of sp³-hybridized carbons (Fsp3) is 0.154. The Balaban J connectivity index is 2.40. The highest BCUT2D eigenvalue weighted by atomic mass is 19.1. The van der Waals surface area contributed by atoms with E-state index in [1.807, 2.05) is 0 Å². The number of aryl methyl sites for hydroxylation is 1. The average molecular weight is 280 g/mol. The molecule has 0 fully saturated rings. The van der Waals surface area contributed by atoms with E-state index in [2.05, 4.69) is 5.10 Å². The van der Waals surface area contributed by atoms with Gasteiger partial charge in [0, 0.05) is 17.7 Å². The lowest BCUT2D eigenvalue weighted by atomic mass is 10.1. The number of hydrogen-bond acceptors (Lipinski definition) is 3. The second kappa shape index (κ2) is 5.60. The predicted molar refractivity (Wildman–Crippen MR) is 66.1 cm³/mol. The van der Waals surface area contributed by atoms with Crippen molar-refractivity contribution in [3.05, 3.63) is 52.3 Å². The third-order valence-corrected chi connectivity index (χ3v) is 2.56. The minimum Gasteiger partial charge on any atom is -0.481 e. The first-order valence-corrected chi connectivity index (χ1v) is 5.72. The molecule has 1 N–H and O–H groups in total. The third-order valence-electron chi connectivity index (χ3n) is 2.56. The largest absolute Gasteiger partial charge is 0.481 e. The van der Waals surface area contributed by atoms with Crippen LogP contribution >= 0.6 is 0 Å². The van der Waals surface area contributed by atoms with Gasteiger partial charge < -0.3 is 5.11 Å². The van der Waals surface area contributed by atoms with E-state index in [-0.39, 0.29) is 24.2 Å². The molecule has 20 heavy (non-hydrogen) atoms. The van der Waals surface area contributed by atoms with Crippen LogP contribution in [-0.2, 0) is 11.3 Å². The number of aromatic nitrogens is 2. The van der Waals surface area contributed by atoms with Crippen LogP contribution in [0.1, 0.15) is 6.42 Å². The van der Waals surface area contributed by atoms with E-state index in [1.54, 1.807) is 0 Å². The predicted octanol–water partition coefficient (Wildman–Crippen LogP) is 1.66. The third kappa shape index (κ3) is 3.25. The molecule has 0 bridgehead atoms. The van der Waals surface area contributed by atoms with Crippen LogP contribution in [0.4, 0.5) is 8.78 Å². The van der Waals surface area contributed by atoms with E-state index in [4.69, 9.17) is 5.11 Å². The Kier molecular flexibility index (Phi) is 3.88. The molecule has 2 rings (SSSR count). The number of halogens is 2. The van der Waals surface area contributed by atoms with E-state index in [9.17, 15) is 18.4 Å². The summed E-state index contributed by atoms with van der Waals surface area (Å²) in [5.74, 6) is -2.59. The standard InChI is InChI=1S/C13H10F2N2O3/c14-9-5-8(6-10(15)7-9)11-1-2-12(18)17(16-11)4-3-13(19)20/h1-2,5-7H,3-4H2,(H,19,20). The average Bonchev–Trinajstić information content (AvgIpc) is 2.36. The molecule has 0 amide bonds. The number of aliphatic carboxylic acids is 1. The quantitative estimate of drug-likeness (QED) is 0.924. The Morgan fingerprint density at radius 3 is 2.45 bits per heavy atom. The van der Waals surface area contributed by atoms with E-state index in [1.165, 1.54) is 12.1 Å². The van der Waals surface area contributed by atoms with Crippen LogP contribution in [-0.4, -0.2) is 20.9 Å². The molecule has 7 heteroatoms. The zero-order chi connectivity index (χ0) is 14.7. The van der Waals surface area contributed by atoms with Gasteiger partial charge in [0.1, 0.15) is 11.6 Å². The zero-order valence-corrected chi connectivity index (χ0v) is 10.2. The second-order valence-corrected chi connectivity index (χ2v) is 4.08. The normalized spacial score (nSPS) is 10.5. The Bertz CT molecular complexity index is 693. The molecule has 0 radical (unpaired) electrons. The summed E-state index contributed by atoms with van der Waals surface area (Å²) in [6.07, 6.45) is -0.270. The molecule has 1 aromatic heterocycles. The van der Waals surface area contributed by atoms with E-state index >= 15 is 0 Å². The van der Waals surface area contributed by atoms with Gasteiger partial charge in [0.15, 0.2) is 0 Å². The van der Waals surface area contributed by atoms with Crippen LogP contribution in [0, 0.1) is 11.6 Å². The SMILES string of the molecule is O=C(O)CCn1nc(-c2cc(F)cc(F)c2)ccc1=O. The number of carbonyl (C=O) groups is 1. The molecule has 5 nitrogen and oxygen atoms in total. The van der Waals surface area contributed by atoms with Crippen LogP contribution in [0.2, 0.25) is 0 Å². The molecule has 0 aliphatic carbocycles. The van der Waals surface area contributed by atoms with Crippen LogP contribution < -0.4 is 5.56 Å². The van der Waals surface area contributed by atoms with Crippen molar-refractivity contribution < 1.29 is 18.7 Å². The van der Waals surface area contributed by atoms with Gasteiger partial charge in [-0.15, -0.1) is 0 Å². The molecule has 0 unspecified atom stereocenters. The number of benzene rings is 1. The molecular weight excluding hydrogens is 270 g/mol. The van der Waals surface area contributed by atoms with Crippen LogP contribution in [0.15, 0.2) is 35.1 Å². The monoisotopic (exact) mass is 280 g/mol. The van der Waals surface area contributed by atoms with Gasteiger partial charge in [-0.3, -0.25) is 9.59 Å². The summed E-state index contributed by atoms with van der Waals surface area (Å²) in [5, 5.41) is 12.5. The topological polar surface area (TPSA) is 72.2 Å². The van der Waals surface area contributed by atoms with Crippen molar-refractivity contribution in [2.45, 2.75) is 13.0 Å². The van der Waals surface area contributed by atoms with Crippen molar-refractivity contribution in [2.75, 3.05) is 0 Å². The Labute approximate surface area is 112 Å². The number of hydrogen-bond donors (Lipinski definition) is 1. The lowest BCUT2D eigenvalue weighted by molar-refractivity contribution is -0.137. The molecule has 1 aromatic carbocycles. The fourth-order valence-corrected chi connectivity index (χ4v) is 1.67. The molecule has 0 saturated carbocycles.